The van der Waals surface area contributed by atoms with E-state index >= 15 is 0 Å². The molecule has 0 bridgehead atoms. The van der Waals surface area contributed by atoms with Crippen LogP contribution in [0.15, 0.2) is 84.0 Å². The average Bonchev–Trinajstić information content (AvgIpc) is 3.32. The maximum absolute atomic E-state index is 12.8. The fourth-order valence-electron chi connectivity index (χ4n) is 3.35. The van der Waals surface area contributed by atoms with Gasteiger partial charge in [-0.25, -0.2) is 4.98 Å². The second-order valence-corrected chi connectivity index (χ2v) is 8.85. The van der Waals surface area contributed by atoms with Gasteiger partial charge in [0.05, 0.1) is 7.11 Å². The molecule has 0 aliphatic heterocycles. The van der Waals surface area contributed by atoms with Crippen molar-refractivity contribution in [3.05, 3.63) is 95.6 Å². The van der Waals surface area contributed by atoms with E-state index in [-0.39, 0.29) is 11.2 Å². The van der Waals surface area contributed by atoms with Gasteiger partial charge in [-0.2, -0.15) is 0 Å². The van der Waals surface area contributed by atoms with Crippen molar-refractivity contribution in [2.24, 2.45) is 0 Å². The number of hydrogen-bond donors (Lipinski definition) is 2. The Balaban J connectivity index is 1.47. The van der Waals surface area contributed by atoms with Crippen molar-refractivity contribution < 1.29 is 9.53 Å². The zero-order valence-corrected chi connectivity index (χ0v) is 19.4. The minimum atomic E-state index is -0.110. The molecule has 0 spiro atoms. The van der Waals surface area contributed by atoms with E-state index in [1.165, 1.54) is 17.3 Å². The SMILES string of the molecule is COc1ccc(-c2nc(S[C@H](CC(=O)NCc3ccccc3)c3ccc(C)cc3)n[nH]2)cc1. The summed E-state index contributed by atoms with van der Waals surface area (Å²) < 4.78 is 5.22. The van der Waals surface area contributed by atoms with Crippen molar-refractivity contribution in [1.82, 2.24) is 20.5 Å². The van der Waals surface area contributed by atoms with Gasteiger partial charge in [-0.3, -0.25) is 9.89 Å². The molecule has 1 aromatic heterocycles. The number of aromatic nitrogens is 3. The van der Waals surface area contributed by atoms with Gasteiger partial charge in [-0.15, -0.1) is 5.10 Å². The molecule has 0 saturated heterocycles. The molecule has 7 heteroatoms. The Morgan fingerprint density at radius 1 is 1.03 bits per heavy atom. The highest BCUT2D eigenvalue weighted by molar-refractivity contribution is 7.99. The fourth-order valence-corrected chi connectivity index (χ4v) is 4.37. The van der Waals surface area contributed by atoms with E-state index in [4.69, 9.17) is 4.74 Å². The number of aryl methyl sites for hydroxylation is 1. The van der Waals surface area contributed by atoms with Crippen LogP contribution in [0.2, 0.25) is 0 Å². The first-order valence-corrected chi connectivity index (χ1v) is 11.6. The summed E-state index contributed by atoms with van der Waals surface area (Å²) in [4.78, 5) is 17.4. The zero-order chi connectivity index (χ0) is 23.0. The largest absolute Gasteiger partial charge is 0.497 e. The van der Waals surface area contributed by atoms with E-state index in [1.807, 2.05) is 54.6 Å². The summed E-state index contributed by atoms with van der Waals surface area (Å²) in [5, 5.41) is 10.9. The first kappa shape index (κ1) is 22.6. The van der Waals surface area contributed by atoms with Crippen LogP contribution in [0, 0.1) is 6.92 Å². The lowest BCUT2D eigenvalue weighted by Gasteiger charge is -2.15. The molecule has 0 aliphatic rings. The second-order valence-electron chi connectivity index (χ2n) is 7.68. The van der Waals surface area contributed by atoms with E-state index < -0.39 is 0 Å². The van der Waals surface area contributed by atoms with Gasteiger partial charge in [0.1, 0.15) is 5.75 Å². The molecule has 0 saturated carbocycles. The third-order valence-corrected chi connectivity index (χ3v) is 6.35. The summed E-state index contributed by atoms with van der Waals surface area (Å²) in [6.07, 6.45) is 0.326. The van der Waals surface area contributed by atoms with Crippen LogP contribution in [-0.2, 0) is 11.3 Å². The quantitative estimate of drug-likeness (QED) is 0.332. The molecule has 1 amide bonds. The number of aromatic amines is 1. The maximum Gasteiger partial charge on any atom is 0.221 e. The molecule has 3 aromatic carbocycles. The Morgan fingerprint density at radius 3 is 2.45 bits per heavy atom. The Labute approximate surface area is 197 Å². The molecule has 4 aromatic rings. The summed E-state index contributed by atoms with van der Waals surface area (Å²) in [6.45, 7) is 2.56. The monoisotopic (exact) mass is 458 g/mol. The molecule has 2 N–H and O–H groups in total. The van der Waals surface area contributed by atoms with Crippen LogP contribution in [0.5, 0.6) is 5.75 Å². The third kappa shape index (κ3) is 6.23. The minimum absolute atomic E-state index is 0.0113. The third-order valence-electron chi connectivity index (χ3n) is 5.23. The predicted molar refractivity (Wildman–Crippen MR) is 131 cm³/mol. The zero-order valence-electron chi connectivity index (χ0n) is 18.6. The smallest absolute Gasteiger partial charge is 0.221 e. The molecule has 0 unspecified atom stereocenters. The highest BCUT2D eigenvalue weighted by Gasteiger charge is 2.20. The summed E-state index contributed by atoms with van der Waals surface area (Å²) >= 11 is 1.48. The number of carbonyl (C=O) groups is 1. The van der Waals surface area contributed by atoms with E-state index in [1.54, 1.807) is 7.11 Å². The summed E-state index contributed by atoms with van der Waals surface area (Å²) in [5.74, 6) is 1.45. The van der Waals surface area contributed by atoms with Crippen LogP contribution in [-0.4, -0.2) is 28.2 Å². The summed E-state index contributed by atoms with van der Waals surface area (Å²) in [5.41, 5.74) is 4.23. The van der Waals surface area contributed by atoms with E-state index in [0.29, 0.717) is 23.9 Å². The van der Waals surface area contributed by atoms with Crippen molar-refractivity contribution in [3.8, 4) is 17.1 Å². The Kier molecular flexibility index (Phi) is 7.42. The number of thioether (sulfide) groups is 1. The van der Waals surface area contributed by atoms with Gasteiger partial charge < -0.3 is 10.1 Å². The number of amides is 1. The number of ether oxygens (including phenoxy) is 1. The van der Waals surface area contributed by atoms with Gasteiger partial charge in [0.15, 0.2) is 5.82 Å². The van der Waals surface area contributed by atoms with Crippen molar-refractivity contribution in [1.29, 1.82) is 0 Å². The van der Waals surface area contributed by atoms with Crippen LogP contribution < -0.4 is 10.1 Å². The van der Waals surface area contributed by atoms with Crippen molar-refractivity contribution in [2.75, 3.05) is 7.11 Å². The number of nitrogens with one attached hydrogen (secondary N) is 2. The van der Waals surface area contributed by atoms with Crippen LogP contribution in [0.25, 0.3) is 11.4 Å². The summed E-state index contributed by atoms with van der Waals surface area (Å²) in [6, 6.07) is 25.8. The van der Waals surface area contributed by atoms with Gasteiger partial charge in [0.2, 0.25) is 11.1 Å². The summed E-state index contributed by atoms with van der Waals surface area (Å²) in [7, 11) is 1.64. The number of rotatable bonds is 9. The lowest BCUT2D eigenvalue weighted by molar-refractivity contribution is -0.121. The number of benzene rings is 3. The highest BCUT2D eigenvalue weighted by Crippen LogP contribution is 2.37. The molecular weight excluding hydrogens is 432 g/mol. The predicted octanol–water partition coefficient (Wildman–Crippen LogP) is 5.33. The molecule has 168 valence electrons. The van der Waals surface area contributed by atoms with Crippen molar-refractivity contribution >= 4 is 17.7 Å². The number of carbonyl (C=O) groups excluding carboxylic acids is 1. The van der Waals surface area contributed by atoms with Crippen LogP contribution in [0.4, 0.5) is 0 Å². The van der Waals surface area contributed by atoms with Gasteiger partial charge in [0, 0.05) is 23.8 Å². The lowest BCUT2D eigenvalue weighted by Crippen LogP contribution is -2.24. The molecule has 4 rings (SSSR count). The lowest BCUT2D eigenvalue weighted by atomic mass is 10.1. The fraction of sp³-hybridized carbons (Fsp3) is 0.192. The molecule has 6 nitrogen and oxygen atoms in total. The molecule has 1 atom stereocenters. The Hall–Kier alpha value is -3.58. The number of hydrogen-bond acceptors (Lipinski definition) is 5. The molecule has 0 radical (unpaired) electrons. The van der Waals surface area contributed by atoms with Gasteiger partial charge in [-0.05, 0) is 42.3 Å². The molecule has 33 heavy (non-hydrogen) atoms. The standard InChI is InChI=1S/C26H26N4O2S/c1-18-8-10-20(11-9-18)23(16-24(31)27-17-19-6-4-3-5-7-19)33-26-28-25(29-30-26)21-12-14-22(32-2)15-13-21/h3-15,23H,16-17H2,1-2H3,(H,27,31)(H,28,29,30)/t23-/m1/s1. The maximum atomic E-state index is 12.8. The number of methoxy groups -OCH3 is 1. The molecule has 0 fully saturated rings. The van der Waals surface area contributed by atoms with E-state index in [9.17, 15) is 4.79 Å². The highest BCUT2D eigenvalue weighted by atomic mass is 32.2. The van der Waals surface area contributed by atoms with Crippen LogP contribution >= 0.6 is 11.8 Å². The Bertz CT molecular complexity index is 1180. The topological polar surface area (TPSA) is 79.9 Å². The van der Waals surface area contributed by atoms with E-state index in [0.717, 1.165) is 22.4 Å². The number of H-pyrrole nitrogens is 1. The van der Waals surface area contributed by atoms with Crippen LogP contribution in [0.1, 0.15) is 28.4 Å². The number of nitrogens with zero attached hydrogens (tertiary/aromatic N) is 2. The van der Waals surface area contributed by atoms with Crippen LogP contribution in [0.3, 0.4) is 0 Å². The first-order chi connectivity index (χ1) is 16.1. The van der Waals surface area contributed by atoms with E-state index in [2.05, 4.69) is 51.7 Å². The van der Waals surface area contributed by atoms with Gasteiger partial charge >= 0.3 is 0 Å². The van der Waals surface area contributed by atoms with Gasteiger partial charge in [-0.1, -0.05) is 71.9 Å². The van der Waals surface area contributed by atoms with Crippen molar-refractivity contribution in [2.45, 2.75) is 30.3 Å². The molecule has 0 aliphatic carbocycles. The Morgan fingerprint density at radius 2 is 1.76 bits per heavy atom. The average molecular weight is 459 g/mol. The van der Waals surface area contributed by atoms with Gasteiger partial charge in [0.25, 0.3) is 0 Å². The second kappa shape index (κ2) is 10.8. The molecular formula is C26H26N4O2S. The van der Waals surface area contributed by atoms with Crippen molar-refractivity contribution in [3.63, 3.8) is 0 Å². The normalized spacial score (nSPS) is 11.7. The minimum Gasteiger partial charge on any atom is -0.497 e. The first-order valence-electron chi connectivity index (χ1n) is 10.7. The molecule has 1 heterocycles.